The number of nitrogens with zero attached hydrogens (tertiary/aromatic N) is 2. The van der Waals surface area contributed by atoms with E-state index in [1.54, 1.807) is 22.9 Å². The van der Waals surface area contributed by atoms with Crippen molar-refractivity contribution in [2.45, 2.75) is 27.2 Å². The smallest absolute Gasteiger partial charge is 0.188 e. The molecule has 0 N–H and O–H groups in total. The van der Waals surface area contributed by atoms with Gasteiger partial charge in [-0.2, -0.15) is 0 Å². The van der Waals surface area contributed by atoms with E-state index in [2.05, 4.69) is 22.3 Å². The lowest BCUT2D eigenvalue weighted by molar-refractivity contribution is 0.101. The lowest BCUT2D eigenvalue weighted by Crippen LogP contribution is -1.87. The minimum absolute atomic E-state index is 0.0417. The van der Waals surface area contributed by atoms with Crippen LogP contribution in [0.5, 0.6) is 0 Å². The van der Waals surface area contributed by atoms with E-state index in [1.165, 1.54) is 23.3 Å². The fourth-order valence-electron chi connectivity index (χ4n) is 0.962. The Morgan fingerprint density at radius 2 is 2.19 bits per heavy atom. The Labute approximate surface area is 103 Å². The number of Topliss-reactive ketones (excluding diaryl/α,β-unsaturated/α-hetero) is 1. The molecule has 0 bridgehead atoms. The molecule has 0 fully saturated rings. The molecule has 5 heteroatoms. The molecule has 0 saturated heterocycles. The van der Waals surface area contributed by atoms with E-state index in [9.17, 15) is 4.79 Å². The van der Waals surface area contributed by atoms with Crippen molar-refractivity contribution < 1.29 is 4.79 Å². The second kappa shape index (κ2) is 6.50. The summed E-state index contributed by atoms with van der Waals surface area (Å²) in [4.78, 5) is 18.5. The third-order valence-electron chi connectivity index (χ3n) is 1.70. The number of aryl methyl sites for hydroxylation is 2. The summed E-state index contributed by atoms with van der Waals surface area (Å²) >= 11 is 3.11. The molecule has 0 aliphatic rings. The van der Waals surface area contributed by atoms with Crippen LogP contribution in [0.3, 0.4) is 0 Å². The van der Waals surface area contributed by atoms with Gasteiger partial charge >= 0.3 is 0 Å². The number of carbonyl (C=O) groups is 1. The highest BCUT2D eigenvalue weighted by Gasteiger charge is 1.97. The molecule has 0 aliphatic heterocycles. The molecular formula is C11H14N2OS2. The second-order valence-electron chi connectivity index (χ2n) is 3.13. The van der Waals surface area contributed by atoms with Gasteiger partial charge in [0.2, 0.25) is 0 Å². The zero-order chi connectivity index (χ0) is 12.0. The summed E-state index contributed by atoms with van der Waals surface area (Å²) < 4.78 is 0. The summed E-state index contributed by atoms with van der Waals surface area (Å²) in [7, 11) is 0. The van der Waals surface area contributed by atoms with Gasteiger partial charge in [-0.3, -0.25) is 4.79 Å². The van der Waals surface area contributed by atoms with Crippen molar-refractivity contribution in [3.8, 4) is 0 Å². The number of hydrogen-bond acceptors (Lipinski definition) is 5. The molecule has 0 unspecified atom stereocenters. The fraction of sp³-hybridized carbons (Fsp3) is 0.364. The molecular weight excluding hydrogens is 240 g/mol. The van der Waals surface area contributed by atoms with Gasteiger partial charge in [0.15, 0.2) is 10.8 Å². The molecule has 0 amide bonds. The van der Waals surface area contributed by atoms with Crippen LogP contribution in [0.15, 0.2) is 17.0 Å². The number of hydrogen-bond donors (Lipinski definition) is 0. The predicted octanol–water partition coefficient (Wildman–Crippen LogP) is 3.36. The highest BCUT2D eigenvalue weighted by Crippen LogP contribution is 2.07. The molecule has 0 spiro atoms. The molecule has 0 atom stereocenters. The molecule has 16 heavy (non-hydrogen) atoms. The summed E-state index contributed by atoms with van der Waals surface area (Å²) in [6, 6.07) is 0. The van der Waals surface area contributed by atoms with Gasteiger partial charge in [0.1, 0.15) is 0 Å². The largest absolute Gasteiger partial charge is 0.292 e. The van der Waals surface area contributed by atoms with E-state index in [4.69, 9.17) is 0 Å². The Balaban J connectivity index is 0.000000160. The summed E-state index contributed by atoms with van der Waals surface area (Å²) in [5.74, 6) is 0.0417. The summed E-state index contributed by atoms with van der Waals surface area (Å²) in [5.41, 5.74) is 1.15. The van der Waals surface area contributed by atoms with Crippen molar-refractivity contribution >= 4 is 28.5 Å². The van der Waals surface area contributed by atoms with Crippen LogP contribution in [0, 0.1) is 6.92 Å². The van der Waals surface area contributed by atoms with E-state index in [1.807, 2.05) is 6.92 Å². The first-order chi connectivity index (χ1) is 7.63. The van der Waals surface area contributed by atoms with Crippen LogP contribution < -0.4 is 0 Å². The molecule has 86 valence electrons. The summed E-state index contributed by atoms with van der Waals surface area (Å²) in [6.07, 6.45) is 2.69. The van der Waals surface area contributed by atoms with E-state index < -0.39 is 0 Å². The lowest BCUT2D eigenvalue weighted by Gasteiger charge is -1.79. The van der Waals surface area contributed by atoms with Crippen molar-refractivity contribution in [1.29, 1.82) is 0 Å². The standard InChI is InChI=1S/C6H9NS.C5H5NOS/c1-3-6-7-5(2)4-8-6;1-4(7)5-6-2-3-8-5/h4H,3H2,1-2H3;2-3H,1H3. The van der Waals surface area contributed by atoms with Gasteiger partial charge in [0.25, 0.3) is 0 Å². The highest BCUT2D eigenvalue weighted by molar-refractivity contribution is 7.11. The average Bonchev–Trinajstić information content (AvgIpc) is 2.88. The van der Waals surface area contributed by atoms with Crippen LogP contribution in [0.25, 0.3) is 0 Å². The zero-order valence-corrected chi connectivity index (χ0v) is 11.2. The maximum Gasteiger partial charge on any atom is 0.188 e. The van der Waals surface area contributed by atoms with Crippen molar-refractivity contribution in [2.75, 3.05) is 0 Å². The third kappa shape index (κ3) is 4.20. The Morgan fingerprint density at radius 3 is 2.44 bits per heavy atom. The molecule has 2 aromatic rings. The van der Waals surface area contributed by atoms with Crippen molar-refractivity contribution in [2.24, 2.45) is 0 Å². The van der Waals surface area contributed by atoms with Crippen LogP contribution in [-0.2, 0) is 6.42 Å². The van der Waals surface area contributed by atoms with Crippen LogP contribution in [0.4, 0.5) is 0 Å². The maximum atomic E-state index is 10.5. The number of ketones is 1. The van der Waals surface area contributed by atoms with E-state index in [0.717, 1.165) is 12.1 Å². The normalized spacial score (nSPS) is 9.44. The van der Waals surface area contributed by atoms with Crippen LogP contribution in [0.2, 0.25) is 0 Å². The first-order valence-corrected chi connectivity index (χ1v) is 6.70. The molecule has 0 radical (unpaired) electrons. The molecule has 0 aromatic carbocycles. The van der Waals surface area contributed by atoms with Gasteiger partial charge in [-0.1, -0.05) is 6.92 Å². The topological polar surface area (TPSA) is 42.9 Å². The Bertz CT molecular complexity index is 435. The minimum atomic E-state index is 0.0417. The summed E-state index contributed by atoms with van der Waals surface area (Å²) in [6.45, 7) is 5.66. The summed E-state index contributed by atoms with van der Waals surface area (Å²) in [5, 5.41) is 5.70. The number of rotatable bonds is 2. The zero-order valence-electron chi connectivity index (χ0n) is 9.56. The quantitative estimate of drug-likeness (QED) is 0.772. The van der Waals surface area contributed by atoms with Crippen LogP contribution in [-0.4, -0.2) is 15.8 Å². The Morgan fingerprint density at radius 1 is 1.44 bits per heavy atom. The lowest BCUT2D eigenvalue weighted by atomic mass is 10.5. The van der Waals surface area contributed by atoms with Crippen molar-refractivity contribution in [3.05, 3.63) is 32.7 Å². The molecule has 3 nitrogen and oxygen atoms in total. The first-order valence-electron chi connectivity index (χ1n) is 4.95. The van der Waals surface area contributed by atoms with Gasteiger partial charge in [-0.25, -0.2) is 9.97 Å². The minimum Gasteiger partial charge on any atom is -0.292 e. The third-order valence-corrected chi connectivity index (χ3v) is 3.69. The monoisotopic (exact) mass is 254 g/mol. The first kappa shape index (κ1) is 13.0. The van der Waals surface area contributed by atoms with E-state index >= 15 is 0 Å². The highest BCUT2D eigenvalue weighted by atomic mass is 32.1. The number of carbonyl (C=O) groups excluding carboxylic acids is 1. The number of aromatic nitrogens is 2. The van der Waals surface area contributed by atoms with Gasteiger partial charge in [0.05, 0.1) is 5.01 Å². The van der Waals surface area contributed by atoms with Gasteiger partial charge < -0.3 is 0 Å². The molecule has 0 saturated carbocycles. The van der Waals surface area contributed by atoms with Crippen molar-refractivity contribution in [3.63, 3.8) is 0 Å². The van der Waals surface area contributed by atoms with E-state index in [-0.39, 0.29) is 5.78 Å². The molecule has 2 aromatic heterocycles. The van der Waals surface area contributed by atoms with E-state index in [0.29, 0.717) is 5.01 Å². The molecule has 2 heterocycles. The maximum absolute atomic E-state index is 10.5. The Hall–Kier alpha value is -1.07. The van der Waals surface area contributed by atoms with Crippen molar-refractivity contribution in [1.82, 2.24) is 9.97 Å². The van der Waals surface area contributed by atoms with Gasteiger partial charge in [-0.05, 0) is 13.3 Å². The van der Waals surface area contributed by atoms with Crippen LogP contribution >= 0.6 is 22.7 Å². The molecule has 0 aliphatic carbocycles. The molecule has 2 rings (SSSR count). The fourth-order valence-corrected chi connectivity index (χ4v) is 2.22. The SMILES string of the molecule is CC(=O)c1nccs1.CCc1nc(C)cs1. The number of thiazole rings is 2. The van der Waals surface area contributed by atoms with Gasteiger partial charge in [-0.15, -0.1) is 22.7 Å². The van der Waals surface area contributed by atoms with Gasteiger partial charge in [0, 0.05) is 29.6 Å². The predicted molar refractivity (Wildman–Crippen MR) is 68.3 cm³/mol. The second-order valence-corrected chi connectivity index (χ2v) is 4.97. The Kier molecular flexibility index (Phi) is 5.28. The average molecular weight is 254 g/mol. The van der Waals surface area contributed by atoms with Crippen LogP contribution in [0.1, 0.15) is 34.4 Å².